The number of rotatable bonds is 2. The van der Waals surface area contributed by atoms with Gasteiger partial charge in [0.1, 0.15) is 5.82 Å². The molecule has 0 aliphatic carbocycles. The fraction of sp³-hybridized carbons (Fsp3) is 0.182. The predicted molar refractivity (Wildman–Crippen MR) is 68.2 cm³/mol. The zero-order valence-corrected chi connectivity index (χ0v) is 10.3. The van der Waals surface area contributed by atoms with E-state index in [1.165, 1.54) is 23.6 Å². The number of carbonyl (C=O) groups excluding carboxylic acids is 1. The number of thiazole rings is 1. The van der Waals surface area contributed by atoms with Gasteiger partial charge in [-0.05, 0) is 26.0 Å². The van der Waals surface area contributed by atoms with E-state index in [1.807, 2.05) is 13.8 Å². The highest BCUT2D eigenvalue weighted by molar-refractivity contribution is 7.15. The molecule has 2 aromatic heterocycles. The summed E-state index contributed by atoms with van der Waals surface area (Å²) in [4.78, 5) is 21.0. The highest BCUT2D eigenvalue weighted by atomic mass is 32.1. The number of anilines is 2. The average Bonchev–Trinajstić information content (AvgIpc) is 2.58. The number of carbonyl (C=O) groups is 1. The highest BCUT2D eigenvalue weighted by Crippen LogP contribution is 2.21. The molecule has 0 saturated heterocycles. The number of nitrogens with one attached hydrogen (secondary N) is 1. The number of hydrogen-bond donors (Lipinski definition) is 2. The van der Waals surface area contributed by atoms with Crippen molar-refractivity contribution in [3.63, 3.8) is 0 Å². The standard InChI is InChI=1S/C11H12N4OS/c1-6-7(2)17-11(14-6)15-10(16)8-3-4-13-9(12)5-8/h3-5H,1-2H3,(H2,12,13)(H,14,15,16). The van der Waals surface area contributed by atoms with Crippen LogP contribution in [0.1, 0.15) is 20.9 Å². The molecule has 0 spiro atoms. The number of nitrogens with zero attached hydrogens (tertiary/aromatic N) is 2. The summed E-state index contributed by atoms with van der Waals surface area (Å²) in [5.41, 5.74) is 6.92. The maximum Gasteiger partial charge on any atom is 0.257 e. The number of aryl methyl sites for hydroxylation is 2. The summed E-state index contributed by atoms with van der Waals surface area (Å²) in [7, 11) is 0. The second-order valence-corrected chi connectivity index (χ2v) is 4.79. The van der Waals surface area contributed by atoms with Gasteiger partial charge in [-0.1, -0.05) is 0 Å². The van der Waals surface area contributed by atoms with Crippen molar-refractivity contribution in [2.24, 2.45) is 0 Å². The molecule has 17 heavy (non-hydrogen) atoms. The third-order valence-corrected chi connectivity index (χ3v) is 3.28. The van der Waals surface area contributed by atoms with E-state index in [1.54, 1.807) is 6.07 Å². The first-order chi connectivity index (χ1) is 8.06. The summed E-state index contributed by atoms with van der Waals surface area (Å²) in [6.45, 7) is 3.87. The van der Waals surface area contributed by atoms with Crippen LogP contribution >= 0.6 is 11.3 Å². The van der Waals surface area contributed by atoms with Gasteiger partial charge in [0.25, 0.3) is 5.91 Å². The van der Waals surface area contributed by atoms with Crippen molar-refractivity contribution in [2.75, 3.05) is 11.1 Å². The molecular formula is C11H12N4OS. The average molecular weight is 248 g/mol. The SMILES string of the molecule is Cc1nc(NC(=O)c2ccnc(N)c2)sc1C. The molecule has 0 aromatic carbocycles. The Morgan fingerprint density at radius 1 is 1.47 bits per heavy atom. The van der Waals surface area contributed by atoms with Gasteiger partial charge in [0.2, 0.25) is 0 Å². The summed E-state index contributed by atoms with van der Waals surface area (Å²) in [6, 6.07) is 3.14. The fourth-order valence-corrected chi connectivity index (χ4v) is 2.09. The van der Waals surface area contributed by atoms with Crippen LogP contribution in [0.25, 0.3) is 0 Å². The molecule has 88 valence electrons. The Morgan fingerprint density at radius 2 is 2.24 bits per heavy atom. The molecule has 0 fully saturated rings. The van der Waals surface area contributed by atoms with E-state index in [0.29, 0.717) is 16.5 Å². The van der Waals surface area contributed by atoms with Crippen molar-refractivity contribution < 1.29 is 4.79 Å². The molecule has 6 heteroatoms. The Balaban J connectivity index is 2.17. The molecule has 1 amide bonds. The van der Waals surface area contributed by atoms with E-state index >= 15 is 0 Å². The van der Waals surface area contributed by atoms with Crippen LogP contribution in [-0.4, -0.2) is 15.9 Å². The first-order valence-corrected chi connectivity index (χ1v) is 5.85. The van der Waals surface area contributed by atoms with E-state index in [9.17, 15) is 4.79 Å². The first kappa shape index (κ1) is 11.5. The van der Waals surface area contributed by atoms with Crippen LogP contribution in [0, 0.1) is 13.8 Å². The Hall–Kier alpha value is -1.95. The zero-order valence-electron chi connectivity index (χ0n) is 9.52. The second kappa shape index (κ2) is 4.50. The number of nitrogen functional groups attached to an aromatic ring is 1. The van der Waals surface area contributed by atoms with Crippen LogP contribution in [0.2, 0.25) is 0 Å². The van der Waals surface area contributed by atoms with E-state index in [4.69, 9.17) is 5.73 Å². The monoisotopic (exact) mass is 248 g/mol. The lowest BCUT2D eigenvalue weighted by Crippen LogP contribution is -2.12. The molecule has 2 rings (SSSR count). The van der Waals surface area contributed by atoms with Gasteiger partial charge in [-0.2, -0.15) is 0 Å². The van der Waals surface area contributed by atoms with Gasteiger partial charge in [0.05, 0.1) is 5.69 Å². The Labute approximate surface area is 103 Å². The molecule has 0 unspecified atom stereocenters. The number of amides is 1. The molecule has 0 atom stereocenters. The minimum atomic E-state index is -0.229. The van der Waals surface area contributed by atoms with Crippen LogP contribution in [0.4, 0.5) is 10.9 Å². The zero-order chi connectivity index (χ0) is 12.4. The number of pyridine rings is 1. The van der Waals surface area contributed by atoms with Crippen molar-refractivity contribution in [3.8, 4) is 0 Å². The van der Waals surface area contributed by atoms with Gasteiger partial charge < -0.3 is 5.73 Å². The molecule has 5 nitrogen and oxygen atoms in total. The van der Waals surface area contributed by atoms with Crippen LogP contribution in [0.3, 0.4) is 0 Å². The van der Waals surface area contributed by atoms with E-state index < -0.39 is 0 Å². The molecule has 0 bridgehead atoms. The molecule has 2 aromatic rings. The van der Waals surface area contributed by atoms with Gasteiger partial charge in [-0.15, -0.1) is 11.3 Å². The largest absolute Gasteiger partial charge is 0.384 e. The normalized spacial score (nSPS) is 10.2. The molecular weight excluding hydrogens is 236 g/mol. The molecule has 2 heterocycles. The maximum absolute atomic E-state index is 11.9. The Kier molecular flexibility index (Phi) is 3.06. The molecule has 3 N–H and O–H groups in total. The lowest BCUT2D eigenvalue weighted by molar-refractivity contribution is 0.102. The van der Waals surface area contributed by atoms with Gasteiger partial charge in [-0.3, -0.25) is 10.1 Å². The quantitative estimate of drug-likeness (QED) is 0.851. The number of hydrogen-bond acceptors (Lipinski definition) is 5. The van der Waals surface area contributed by atoms with Crippen molar-refractivity contribution in [2.45, 2.75) is 13.8 Å². The van der Waals surface area contributed by atoms with Gasteiger partial charge in [0, 0.05) is 16.6 Å². The Bertz CT molecular complexity index is 545. The van der Waals surface area contributed by atoms with Crippen molar-refractivity contribution in [1.29, 1.82) is 0 Å². The Morgan fingerprint density at radius 3 is 2.82 bits per heavy atom. The van der Waals surface area contributed by atoms with Crippen LogP contribution in [-0.2, 0) is 0 Å². The van der Waals surface area contributed by atoms with E-state index in [0.717, 1.165) is 10.6 Å². The summed E-state index contributed by atoms with van der Waals surface area (Å²) in [5, 5.41) is 3.33. The first-order valence-electron chi connectivity index (χ1n) is 5.03. The lowest BCUT2D eigenvalue weighted by Gasteiger charge is -2.01. The predicted octanol–water partition coefficient (Wildman–Crippen LogP) is 1.99. The van der Waals surface area contributed by atoms with Crippen molar-refractivity contribution >= 4 is 28.2 Å². The van der Waals surface area contributed by atoms with Crippen molar-refractivity contribution in [1.82, 2.24) is 9.97 Å². The second-order valence-electron chi connectivity index (χ2n) is 3.58. The minimum Gasteiger partial charge on any atom is -0.384 e. The van der Waals surface area contributed by atoms with Gasteiger partial charge >= 0.3 is 0 Å². The summed E-state index contributed by atoms with van der Waals surface area (Å²) < 4.78 is 0. The van der Waals surface area contributed by atoms with Crippen LogP contribution in [0.5, 0.6) is 0 Å². The van der Waals surface area contributed by atoms with Crippen LogP contribution < -0.4 is 11.1 Å². The molecule has 0 saturated carbocycles. The summed E-state index contributed by atoms with van der Waals surface area (Å²) in [6.07, 6.45) is 1.50. The number of nitrogens with two attached hydrogens (primary N) is 1. The van der Waals surface area contributed by atoms with Gasteiger partial charge in [0.15, 0.2) is 5.13 Å². The lowest BCUT2D eigenvalue weighted by atomic mass is 10.2. The summed E-state index contributed by atoms with van der Waals surface area (Å²) in [5.74, 6) is 0.0944. The van der Waals surface area contributed by atoms with Crippen LogP contribution in [0.15, 0.2) is 18.3 Å². The third-order valence-electron chi connectivity index (χ3n) is 2.29. The topological polar surface area (TPSA) is 80.9 Å². The summed E-state index contributed by atoms with van der Waals surface area (Å²) >= 11 is 1.45. The molecule has 0 aliphatic rings. The third kappa shape index (κ3) is 2.59. The fourth-order valence-electron chi connectivity index (χ4n) is 1.29. The highest BCUT2D eigenvalue weighted by Gasteiger charge is 2.10. The number of aromatic nitrogens is 2. The maximum atomic E-state index is 11.9. The molecule has 0 aliphatic heterocycles. The molecule has 0 radical (unpaired) electrons. The van der Waals surface area contributed by atoms with Crippen molar-refractivity contribution in [3.05, 3.63) is 34.5 Å². The van der Waals surface area contributed by atoms with E-state index in [2.05, 4.69) is 15.3 Å². The minimum absolute atomic E-state index is 0.229. The van der Waals surface area contributed by atoms with Gasteiger partial charge in [-0.25, -0.2) is 9.97 Å². The van der Waals surface area contributed by atoms with E-state index in [-0.39, 0.29) is 5.91 Å². The smallest absolute Gasteiger partial charge is 0.257 e.